The van der Waals surface area contributed by atoms with Gasteiger partial charge < -0.3 is 0 Å². The Balaban J connectivity index is 0. The number of hydrogen-bond donors (Lipinski definition) is 0. The van der Waals surface area contributed by atoms with E-state index in [1.54, 1.807) is 0 Å². The molecule has 0 atom stereocenters. The maximum Gasteiger partial charge on any atom is 0.187 e. The van der Waals surface area contributed by atoms with Gasteiger partial charge in [-0.3, -0.25) is 0 Å². The molecule has 0 nitrogen and oxygen atoms in total. The second-order valence-electron chi connectivity index (χ2n) is 0. The first-order valence-corrected chi connectivity index (χ1v) is 0. The molecule has 0 aromatic carbocycles. The summed E-state index contributed by atoms with van der Waals surface area (Å²) in [6.07, 6.45) is 0. The van der Waals surface area contributed by atoms with Gasteiger partial charge in [-0.25, -0.2) is 0 Å². The van der Waals surface area contributed by atoms with E-state index >= 15 is 0 Å². The standard InChI is InChI=1S/3Al.Re.9H. The molecule has 0 aromatic rings. The molecule has 0 N–H and O–H groups in total. The van der Waals surface area contributed by atoms with E-state index in [-0.39, 0.29) is 72.5 Å². The van der Waals surface area contributed by atoms with Crippen molar-refractivity contribution in [2.75, 3.05) is 0 Å². The van der Waals surface area contributed by atoms with Gasteiger partial charge in [0.05, 0.1) is 0 Å². The minimum absolute atomic E-state index is 0. The largest absolute Gasteiger partial charge is 0.187 e. The van der Waals surface area contributed by atoms with Crippen molar-refractivity contribution in [3.8, 4) is 0 Å². The Morgan fingerprint density at radius 2 is 0.500 bits per heavy atom. The summed E-state index contributed by atoms with van der Waals surface area (Å²) in [6, 6.07) is 0. The zero-order chi connectivity index (χ0) is 0. The van der Waals surface area contributed by atoms with E-state index in [1.807, 2.05) is 0 Å². The Kier molecular flexibility index (Phi) is 158. The van der Waals surface area contributed by atoms with E-state index in [1.165, 1.54) is 0 Å². The van der Waals surface area contributed by atoms with Crippen molar-refractivity contribution in [2.45, 2.75) is 0 Å². The Morgan fingerprint density at radius 3 is 0.500 bits per heavy atom. The first-order valence-electron chi connectivity index (χ1n) is 0. The predicted molar refractivity (Wildman–Crippen MR) is 29.8 cm³/mol. The molecule has 0 saturated heterocycles. The maximum absolute atomic E-state index is 0. The molecule has 0 aromatic heterocycles. The number of hydrogen-bond acceptors (Lipinski definition) is 0. The van der Waals surface area contributed by atoms with E-state index in [2.05, 4.69) is 0 Å². The van der Waals surface area contributed by atoms with Crippen LogP contribution in [0.2, 0.25) is 0 Å². The van der Waals surface area contributed by atoms with E-state index in [0.717, 1.165) is 0 Å². The van der Waals surface area contributed by atoms with Crippen LogP contribution >= 0.6 is 0 Å². The van der Waals surface area contributed by atoms with Gasteiger partial charge in [0.25, 0.3) is 0 Å². The Hall–Kier alpha value is 2.26. The van der Waals surface area contributed by atoms with Gasteiger partial charge in [-0.2, -0.15) is 0 Å². The molecular weight excluding hydrogens is 267 g/mol. The molecule has 0 bridgehead atoms. The van der Waals surface area contributed by atoms with Crippen molar-refractivity contribution in [3.05, 3.63) is 0 Å². The molecule has 0 fully saturated rings. The number of rotatable bonds is 0. The summed E-state index contributed by atoms with van der Waals surface area (Å²) in [5, 5.41) is 0. The fourth-order valence-corrected chi connectivity index (χ4v) is 0. The summed E-state index contributed by atoms with van der Waals surface area (Å²) >= 11 is 0. The normalized spacial score (nSPS) is 0. The summed E-state index contributed by atoms with van der Waals surface area (Å²) in [7, 11) is 0. The minimum atomic E-state index is 0. The zero-order valence-electron chi connectivity index (χ0n) is 0.378. The van der Waals surface area contributed by atoms with Gasteiger partial charge in [-0.15, -0.1) is 0 Å². The predicted octanol–water partition coefficient (Wildman–Crippen LogP) is -3.55. The third-order valence-corrected chi connectivity index (χ3v) is 0. The van der Waals surface area contributed by atoms with E-state index in [4.69, 9.17) is 0 Å². The topological polar surface area (TPSA) is 0 Å². The molecule has 0 aliphatic heterocycles. The molecule has 0 amide bonds. The SMILES string of the molecule is [AlH3].[AlH3].[AlH3].[Re]. The summed E-state index contributed by atoms with van der Waals surface area (Å²) in [5.41, 5.74) is 0. The molecule has 4 heteroatoms. The molecular formula is H9Al3Re. The van der Waals surface area contributed by atoms with E-state index in [0.29, 0.717) is 0 Å². The zero-order valence-corrected chi connectivity index (χ0v) is 3.09. The van der Waals surface area contributed by atoms with Crippen LogP contribution in [0.3, 0.4) is 0 Å². The first-order chi connectivity index (χ1) is 0. The van der Waals surface area contributed by atoms with Crippen LogP contribution in [0.25, 0.3) is 0 Å². The fourth-order valence-electron chi connectivity index (χ4n) is 0. The van der Waals surface area contributed by atoms with Crippen molar-refractivity contribution in [1.82, 2.24) is 0 Å². The van der Waals surface area contributed by atoms with Crippen molar-refractivity contribution in [3.63, 3.8) is 0 Å². The molecule has 0 aliphatic rings. The smallest absolute Gasteiger partial charge is 0 e. The molecule has 25 valence electrons. The third kappa shape index (κ3) is 8.86. The second kappa shape index (κ2) is 18.7. The Morgan fingerprint density at radius 1 is 0.500 bits per heavy atom. The van der Waals surface area contributed by atoms with E-state index in [9.17, 15) is 0 Å². The van der Waals surface area contributed by atoms with Crippen LogP contribution in [-0.2, 0) is 20.4 Å². The Labute approximate surface area is 71.8 Å². The van der Waals surface area contributed by atoms with Crippen LogP contribution in [0.5, 0.6) is 0 Å². The quantitative estimate of drug-likeness (QED) is 0.402. The molecule has 0 spiro atoms. The van der Waals surface area contributed by atoms with Crippen molar-refractivity contribution >= 4 is 52.1 Å². The van der Waals surface area contributed by atoms with Crippen LogP contribution in [0.1, 0.15) is 0 Å². The van der Waals surface area contributed by atoms with Gasteiger partial charge in [-0.05, 0) is 0 Å². The van der Waals surface area contributed by atoms with Crippen molar-refractivity contribution in [2.24, 2.45) is 0 Å². The molecule has 4 heavy (non-hydrogen) atoms. The van der Waals surface area contributed by atoms with Crippen molar-refractivity contribution < 1.29 is 20.4 Å². The van der Waals surface area contributed by atoms with Crippen molar-refractivity contribution in [1.29, 1.82) is 0 Å². The van der Waals surface area contributed by atoms with E-state index < -0.39 is 0 Å². The molecule has 0 unspecified atom stereocenters. The maximum atomic E-state index is 0. The minimum Gasteiger partial charge on any atom is 0 e. The average Bonchev–Trinajstić information content (AvgIpc) is 0. The summed E-state index contributed by atoms with van der Waals surface area (Å²) in [6.45, 7) is 0. The van der Waals surface area contributed by atoms with Crippen LogP contribution in [0, 0.1) is 0 Å². The van der Waals surface area contributed by atoms with Crippen LogP contribution < -0.4 is 0 Å². The van der Waals surface area contributed by atoms with Crippen LogP contribution in [0.4, 0.5) is 0 Å². The third-order valence-electron chi connectivity index (χ3n) is 0. The molecule has 0 aliphatic carbocycles. The summed E-state index contributed by atoms with van der Waals surface area (Å²) in [5.74, 6) is 0. The summed E-state index contributed by atoms with van der Waals surface area (Å²) < 4.78 is 0. The molecule has 0 saturated carbocycles. The van der Waals surface area contributed by atoms with Gasteiger partial charge in [0.15, 0.2) is 52.1 Å². The molecule has 1 radical (unpaired) electrons. The Bertz CT molecular complexity index is 3.25. The first kappa shape index (κ1) is 33.9. The fraction of sp³-hybridized carbons (Fsp3) is 0. The van der Waals surface area contributed by atoms with Crippen LogP contribution in [0.15, 0.2) is 0 Å². The monoisotopic (exact) mass is 277 g/mol. The van der Waals surface area contributed by atoms with Gasteiger partial charge in [0, 0.05) is 20.4 Å². The van der Waals surface area contributed by atoms with Gasteiger partial charge >= 0.3 is 0 Å². The van der Waals surface area contributed by atoms with Gasteiger partial charge in [0.2, 0.25) is 0 Å². The molecule has 0 rings (SSSR count). The van der Waals surface area contributed by atoms with Crippen LogP contribution in [-0.4, -0.2) is 52.1 Å². The van der Waals surface area contributed by atoms with Gasteiger partial charge in [-0.1, -0.05) is 0 Å². The summed E-state index contributed by atoms with van der Waals surface area (Å²) in [4.78, 5) is 0. The molecule has 0 heterocycles. The second-order valence-corrected chi connectivity index (χ2v) is 0. The van der Waals surface area contributed by atoms with Gasteiger partial charge in [0.1, 0.15) is 0 Å². The average molecular weight is 276 g/mol.